The van der Waals surface area contributed by atoms with Gasteiger partial charge >= 0.3 is 0 Å². The first-order chi connectivity index (χ1) is 17.7. The maximum atomic E-state index is 14.2. The molecule has 9 nitrogen and oxygen atoms in total. The molecule has 0 bridgehead atoms. The largest absolute Gasteiger partial charge is 0.491 e. The molecule has 37 heavy (non-hydrogen) atoms. The van der Waals surface area contributed by atoms with Crippen molar-refractivity contribution in [1.82, 2.24) is 19.8 Å². The van der Waals surface area contributed by atoms with E-state index >= 15 is 0 Å². The van der Waals surface area contributed by atoms with Gasteiger partial charge in [0.05, 0.1) is 19.3 Å². The van der Waals surface area contributed by atoms with Gasteiger partial charge in [0.1, 0.15) is 22.3 Å². The number of ether oxygens (including phenoxy) is 1. The Morgan fingerprint density at radius 2 is 2.03 bits per heavy atom. The van der Waals surface area contributed by atoms with E-state index < -0.39 is 28.1 Å². The normalized spacial score (nSPS) is 26.0. The Morgan fingerprint density at radius 3 is 2.70 bits per heavy atom. The molecule has 12 heteroatoms. The van der Waals surface area contributed by atoms with Crippen molar-refractivity contribution in [2.24, 2.45) is 11.3 Å². The summed E-state index contributed by atoms with van der Waals surface area (Å²) in [4.78, 5) is 28.8. The SMILES string of the molecule is COc1c2n(cc(-c3nnc(Cc4ccc(F)cc4F)s3)c1=O)N(C)C1(CCC3CC31CO)N(C)C2=O. The number of aromatic nitrogens is 3. The third-order valence-electron chi connectivity index (χ3n) is 8.48. The average molecular weight is 530 g/mol. The Kier molecular flexibility index (Phi) is 5.22. The van der Waals surface area contributed by atoms with Crippen LogP contribution in [-0.4, -0.2) is 64.3 Å². The van der Waals surface area contributed by atoms with Gasteiger partial charge in [-0.25, -0.2) is 8.78 Å². The summed E-state index contributed by atoms with van der Waals surface area (Å²) in [6, 6.07) is 3.33. The maximum Gasteiger partial charge on any atom is 0.278 e. The fourth-order valence-electron chi connectivity index (χ4n) is 6.52. The van der Waals surface area contributed by atoms with Gasteiger partial charge < -0.3 is 14.7 Å². The van der Waals surface area contributed by atoms with Gasteiger partial charge in [0.25, 0.3) is 5.91 Å². The minimum absolute atomic E-state index is 0.0428. The molecule has 2 aliphatic carbocycles. The van der Waals surface area contributed by atoms with Crippen LogP contribution in [0.2, 0.25) is 0 Å². The van der Waals surface area contributed by atoms with Crippen LogP contribution >= 0.6 is 11.3 Å². The highest BCUT2D eigenvalue weighted by Crippen LogP contribution is 2.70. The molecule has 3 unspecified atom stereocenters. The lowest BCUT2D eigenvalue weighted by Gasteiger charge is -2.55. The second-order valence-electron chi connectivity index (χ2n) is 9.97. The van der Waals surface area contributed by atoms with Crippen molar-refractivity contribution in [3.63, 3.8) is 0 Å². The second kappa shape index (κ2) is 8.06. The van der Waals surface area contributed by atoms with E-state index in [-0.39, 0.29) is 46.5 Å². The Hall–Kier alpha value is -3.38. The Balaban J connectivity index is 1.45. The van der Waals surface area contributed by atoms with Crippen molar-refractivity contribution in [3.05, 3.63) is 62.5 Å². The van der Waals surface area contributed by atoms with Crippen molar-refractivity contribution in [1.29, 1.82) is 0 Å². The van der Waals surface area contributed by atoms with Gasteiger partial charge in [-0.05, 0) is 36.8 Å². The molecule has 2 fully saturated rings. The van der Waals surface area contributed by atoms with Gasteiger partial charge in [-0.15, -0.1) is 10.2 Å². The van der Waals surface area contributed by atoms with Gasteiger partial charge in [-0.1, -0.05) is 17.4 Å². The number of aliphatic hydroxyl groups excluding tert-OH is 1. The molecular weight excluding hydrogens is 504 g/mol. The lowest BCUT2D eigenvalue weighted by atomic mass is 9.87. The summed E-state index contributed by atoms with van der Waals surface area (Å²) in [6.45, 7) is -0.0428. The molecule has 3 aliphatic rings. The first kappa shape index (κ1) is 24.0. The summed E-state index contributed by atoms with van der Waals surface area (Å²) < 4.78 is 34.5. The summed E-state index contributed by atoms with van der Waals surface area (Å²) in [5, 5.41) is 21.3. The van der Waals surface area contributed by atoms with Crippen molar-refractivity contribution < 1.29 is 23.4 Å². The molecule has 194 valence electrons. The summed E-state index contributed by atoms with van der Waals surface area (Å²) in [6.07, 6.45) is 4.05. The number of nitrogens with zero attached hydrogens (tertiary/aromatic N) is 5. The third kappa shape index (κ3) is 3.08. The van der Waals surface area contributed by atoms with E-state index in [0.29, 0.717) is 17.3 Å². The van der Waals surface area contributed by atoms with E-state index in [1.54, 1.807) is 22.8 Å². The van der Waals surface area contributed by atoms with Crippen LogP contribution < -0.4 is 15.2 Å². The molecule has 3 heterocycles. The number of rotatable bonds is 5. The van der Waals surface area contributed by atoms with Crippen LogP contribution in [-0.2, 0) is 6.42 Å². The molecular formula is C25H25F2N5O4S. The molecule has 6 rings (SSSR count). The van der Waals surface area contributed by atoms with E-state index in [1.165, 1.54) is 19.2 Å². The Labute approximate surface area is 214 Å². The van der Waals surface area contributed by atoms with Gasteiger partial charge in [0.2, 0.25) is 5.43 Å². The Morgan fingerprint density at radius 1 is 1.24 bits per heavy atom. The predicted molar refractivity (Wildman–Crippen MR) is 131 cm³/mol. The summed E-state index contributed by atoms with van der Waals surface area (Å²) in [5.41, 5.74) is -1.15. The van der Waals surface area contributed by atoms with Crippen molar-refractivity contribution in [3.8, 4) is 16.3 Å². The topological polar surface area (TPSA) is 101 Å². The molecule has 1 aliphatic heterocycles. The van der Waals surface area contributed by atoms with E-state index in [1.807, 2.05) is 12.1 Å². The molecule has 1 N–H and O–H groups in total. The van der Waals surface area contributed by atoms with Gasteiger partial charge in [0.15, 0.2) is 16.5 Å². The van der Waals surface area contributed by atoms with Crippen LogP contribution in [0.3, 0.4) is 0 Å². The van der Waals surface area contributed by atoms with Crippen molar-refractivity contribution in [2.75, 3.05) is 32.8 Å². The highest BCUT2D eigenvalue weighted by molar-refractivity contribution is 7.14. The fourth-order valence-corrected chi connectivity index (χ4v) is 7.39. The smallest absolute Gasteiger partial charge is 0.278 e. The number of pyridine rings is 1. The lowest BCUT2D eigenvalue weighted by Crippen LogP contribution is -2.71. The van der Waals surface area contributed by atoms with E-state index in [0.717, 1.165) is 30.2 Å². The first-order valence-electron chi connectivity index (χ1n) is 11.9. The Bertz CT molecular complexity index is 1500. The van der Waals surface area contributed by atoms with Crippen molar-refractivity contribution >= 4 is 17.2 Å². The number of carbonyl (C=O) groups excluding carboxylic acids is 1. The van der Waals surface area contributed by atoms with E-state index in [9.17, 15) is 23.5 Å². The molecule has 0 saturated heterocycles. The number of carbonyl (C=O) groups is 1. The summed E-state index contributed by atoms with van der Waals surface area (Å²) in [5.74, 6) is -1.49. The van der Waals surface area contributed by atoms with Gasteiger partial charge in [-0.2, -0.15) is 0 Å². The quantitative estimate of drug-likeness (QED) is 0.542. The number of hydrogen-bond donors (Lipinski definition) is 1. The lowest BCUT2D eigenvalue weighted by molar-refractivity contribution is -0.00663. The number of benzene rings is 1. The minimum Gasteiger partial charge on any atom is -0.491 e. The molecule has 2 aromatic heterocycles. The number of aliphatic hydroxyl groups is 1. The highest BCUT2D eigenvalue weighted by atomic mass is 32.1. The zero-order chi connectivity index (χ0) is 26.3. The maximum absolute atomic E-state index is 14.2. The van der Waals surface area contributed by atoms with Crippen LogP contribution in [0.15, 0.2) is 29.2 Å². The number of hydrogen-bond acceptors (Lipinski definition) is 8. The number of halogens is 2. The van der Waals surface area contributed by atoms with Crippen molar-refractivity contribution in [2.45, 2.75) is 31.3 Å². The van der Waals surface area contributed by atoms with Crippen LogP contribution in [0, 0.1) is 23.0 Å². The average Bonchev–Trinajstić information content (AvgIpc) is 3.26. The van der Waals surface area contributed by atoms with Crippen LogP contribution in [0.1, 0.15) is 40.3 Å². The second-order valence-corrected chi connectivity index (χ2v) is 11.0. The molecule has 0 radical (unpaired) electrons. The molecule has 1 aromatic carbocycles. The fraction of sp³-hybridized carbons (Fsp3) is 0.440. The summed E-state index contributed by atoms with van der Waals surface area (Å²) >= 11 is 1.11. The molecule has 3 aromatic rings. The van der Waals surface area contributed by atoms with Crippen LogP contribution in [0.25, 0.3) is 10.6 Å². The number of methoxy groups -OCH3 is 1. The van der Waals surface area contributed by atoms with Crippen LogP contribution in [0.5, 0.6) is 5.75 Å². The predicted octanol–water partition coefficient (Wildman–Crippen LogP) is 2.39. The molecule has 1 amide bonds. The zero-order valence-electron chi connectivity index (χ0n) is 20.5. The highest BCUT2D eigenvalue weighted by Gasteiger charge is 2.75. The molecule has 3 atom stereocenters. The van der Waals surface area contributed by atoms with E-state index in [4.69, 9.17) is 4.74 Å². The molecule has 1 spiro atoms. The third-order valence-corrected chi connectivity index (χ3v) is 9.43. The number of amides is 1. The standard InChI is InChI=1S/C25H25F2N5O4S/c1-30-23(35)19-21(36-3)20(34)16(11-32(19)31(2)25(30)7-6-14-10-24(14,25)12-33)22-29-28-18(37-22)8-13-4-5-15(26)9-17(13)27/h4-5,9,11,14,33H,6-8,10,12H2,1-3H3. The first-order valence-corrected chi connectivity index (χ1v) is 12.7. The summed E-state index contributed by atoms with van der Waals surface area (Å²) in [7, 11) is 4.90. The number of fused-ring (bicyclic) bond motifs is 3. The van der Waals surface area contributed by atoms with E-state index in [2.05, 4.69) is 10.2 Å². The minimum atomic E-state index is -0.750. The monoisotopic (exact) mass is 529 g/mol. The zero-order valence-corrected chi connectivity index (χ0v) is 21.3. The van der Waals surface area contributed by atoms with Crippen LogP contribution in [0.4, 0.5) is 8.78 Å². The van der Waals surface area contributed by atoms with Gasteiger partial charge in [0, 0.05) is 38.2 Å². The molecule has 2 saturated carbocycles. The van der Waals surface area contributed by atoms with Gasteiger partial charge in [-0.3, -0.25) is 19.3 Å².